The molecule has 1 atom stereocenters. The van der Waals surface area contributed by atoms with Crippen LogP contribution < -0.4 is 10.2 Å². The number of urea groups is 1. The number of hydrogen-bond donors (Lipinski definition) is 1. The van der Waals surface area contributed by atoms with Gasteiger partial charge in [0.15, 0.2) is 0 Å². The van der Waals surface area contributed by atoms with Gasteiger partial charge in [-0.3, -0.25) is 0 Å². The van der Waals surface area contributed by atoms with E-state index in [4.69, 9.17) is 4.74 Å². The second kappa shape index (κ2) is 8.17. The number of carbonyl (C=O) groups excluding carboxylic acids is 1. The van der Waals surface area contributed by atoms with Crippen LogP contribution in [0.5, 0.6) is 0 Å². The smallest absolute Gasteiger partial charge is 0.317 e. The van der Waals surface area contributed by atoms with Crippen LogP contribution in [0, 0.1) is 11.3 Å². The second-order valence-corrected chi connectivity index (χ2v) is 6.64. The third-order valence-electron chi connectivity index (χ3n) is 5.03. The molecule has 2 aliphatic rings. The number of ether oxygens (including phenoxy) is 1. The molecule has 0 radical (unpaired) electrons. The Balaban J connectivity index is 1.53. The standard InChI is InChI=1S/C18H25N5O2/c1-25-13-16-5-3-9-23(16)18(24)21-15-6-10-22(11-7-15)17-14(12-19)4-2-8-20-17/h2,4,8,15-16H,3,5-7,9-11,13H2,1H3,(H,21,24)/t16-/m0/s1. The number of nitriles is 1. The Labute approximate surface area is 148 Å². The highest BCUT2D eigenvalue weighted by molar-refractivity contribution is 5.75. The number of nitrogens with one attached hydrogen (secondary N) is 1. The van der Waals surface area contributed by atoms with E-state index in [0.29, 0.717) is 12.2 Å². The Kier molecular flexibility index (Phi) is 5.71. The van der Waals surface area contributed by atoms with Crippen molar-refractivity contribution in [2.45, 2.75) is 37.8 Å². The number of nitrogens with zero attached hydrogens (tertiary/aromatic N) is 4. The van der Waals surface area contributed by atoms with E-state index in [9.17, 15) is 10.1 Å². The molecule has 0 spiro atoms. The first-order valence-corrected chi connectivity index (χ1v) is 8.89. The molecule has 2 saturated heterocycles. The minimum atomic E-state index is 0.0218. The molecule has 0 bridgehead atoms. The quantitative estimate of drug-likeness (QED) is 0.900. The fourth-order valence-corrected chi connectivity index (χ4v) is 3.70. The van der Waals surface area contributed by atoms with Crippen molar-refractivity contribution in [2.24, 2.45) is 0 Å². The highest BCUT2D eigenvalue weighted by Gasteiger charge is 2.31. The number of methoxy groups -OCH3 is 1. The average molecular weight is 343 g/mol. The zero-order valence-corrected chi connectivity index (χ0v) is 14.6. The molecule has 0 aromatic carbocycles. The summed E-state index contributed by atoms with van der Waals surface area (Å²) in [6.45, 7) is 2.98. The molecular weight excluding hydrogens is 318 g/mol. The number of hydrogen-bond acceptors (Lipinski definition) is 5. The largest absolute Gasteiger partial charge is 0.383 e. The van der Waals surface area contributed by atoms with Crippen molar-refractivity contribution in [1.29, 1.82) is 5.26 Å². The molecule has 3 heterocycles. The zero-order valence-electron chi connectivity index (χ0n) is 14.6. The number of likely N-dealkylation sites (tertiary alicyclic amines) is 1. The van der Waals surface area contributed by atoms with Crippen LogP contribution in [-0.2, 0) is 4.74 Å². The Morgan fingerprint density at radius 3 is 2.92 bits per heavy atom. The second-order valence-electron chi connectivity index (χ2n) is 6.64. The van der Waals surface area contributed by atoms with Crippen molar-refractivity contribution in [3.05, 3.63) is 23.9 Å². The van der Waals surface area contributed by atoms with Gasteiger partial charge in [0.05, 0.1) is 18.2 Å². The summed E-state index contributed by atoms with van der Waals surface area (Å²) >= 11 is 0. The molecule has 25 heavy (non-hydrogen) atoms. The Morgan fingerprint density at radius 1 is 1.40 bits per heavy atom. The highest BCUT2D eigenvalue weighted by Crippen LogP contribution is 2.22. The minimum absolute atomic E-state index is 0.0218. The van der Waals surface area contributed by atoms with Crippen LogP contribution in [-0.4, -0.2) is 61.3 Å². The molecule has 2 aliphatic heterocycles. The molecule has 0 aliphatic carbocycles. The number of pyridine rings is 1. The minimum Gasteiger partial charge on any atom is -0.383 e. The third-order valence-corrected chi connectivity index (χ3v) is 5.03. The molecule has 2 amide bonds. The van der Waals surface area contributed by atoms with E-state index in [1.54, 1.807) is 25.4 Å². The zero-order chi connectivity index (χ0) is 17.6. The van der Waals surface area contributed by atoms with Crippen LogP contribution >= 0.6 is 0 Å². The first-order valence-electron chi connectivity index (χ1n) is 8.89. The van der Waals surface area contributed by atoms with Gasteiger partial charge in [-0.1, -0.05) is 0 Å². The van der Waals surface area contributed by atoms with Gasteiger partial charge in [-0.25, -0.2) is 9.78 Å². The molecule has 2 fully saturated rings. The summed E-state index contributed by atoms with van der Waals surface area (Å²) in [5.74, 6) is 0.745. The number of amides is 2. The highest BCUT2D eigenvalue weighted by atomic mass is 16.5. The van der Waals surface area contributed by atoms with Crippen molar-refractivity contribution in [2.75, 3.05) is 38.3 Å². The van der Waals surface area contributed by atoms with Gasteiger partial charge < -0.3 is 19.9 Å². The van der Waals surface area contributed by atoms with Crippen LogP contribution in [0.2, 0.25) is 0 Å². The van der Waals surface area contributed by atoms with Crippen molar-refractivity contribution in [3.63, 3.8) is 0 Å². The fraction of sp³-hybridized carbons (Fsp3) is 0.611. The number of carbonyl (C=O) groups is 1. The molecule has 1 aromatic rings. The summed E-state index contributed by atoms with van der Waals surface area (Å²) in [4.78, 5) is 20.9. The summed E-state index contributed by atoms with van der Waals surface area (Å²) in [5, 5.41) is 12.4. The molecule has 0 unspecified atom stereocenters. The summed E-state index contributed by atoms with van der Waals surface area (Å²) in [6.07, 6.45) is 5.48. The predicted molar refractivity (Wildman–Crippen MR) is 94.3 cm³/mol. The first kappa shape index (κ1) is 17.5. The molecule has 7 nitrogen and oxygen atoms in total. The van der Waals surface area contributed by atoms with E-state index in [1.807, 2.05) is 4.90 Å². The summed E-state index contributed by atoms with van der Waals surface area (Å²) in [7, 11) is 1.68. The molecule has 3 rings (SSSR count). The topological polar surface area (TPSA) is 81.5 Å². The lowest BCUT2D eigenvalue weighted by atomic mass is 10.0. The fourth-order valence-electron chi connectivity index (χ4n) is 3.70. The van der Waals surface area contributed by atoms with Crippen molar-refractivity contribution in [3.8, 4) is 6.07 Å². The maximum Gasteiger partial charge on any atom is 0.317 e. The lowest BCUT2D eigenvalue weighted by molar-refractivity contribution is 0.121. The maximum absolute atomic E-state index is 12.5. The Bertz CT molecular complexity index is 637. The van der Waals surface area contributed by atoms with Crippen LogP contribution in [0.4, 0.5) is 10.6 Å². The van der Waals surface area contributed by atoms with Gasteiger partial charge in [-0.05, 0) is 37.8 Å². The summed E-state index contributed by atoms with van der Waals surface area (Å²) in [5.41, 5.74) is 0.601. The molecule has 0 saturated carbocycles. The van der Waals surface area contributed by atoms with Gasteiger partial charge in [-0.2, -0.15) is 5.26 Å². The lowest BCUT2D eigenvalue weighted by Gasteiger charge is -2.35. The van der Waals surface area contributed by atoms with Crippen molar-refractivity contribution < 1.29 is 9.53 Å². The van der Waals surface area contributed by atoms with E-state index < -0.39 is 0 Å². The molecule has 1 N–H and O–H groups in total. The van der Waals surface area contributed by atoms with Gasteiger partial charge in [0, 0.05) is 39.0 Å². The van der Waals surface area contributed by atoms with E-state index >= 15 is 0 Å². The molecule has 1 aromatic heterocycles. The normalized spacial score (nSPS) is 21.2. The number of anilines is 1. The Hall–Kier alpha value is -2.33. The third kappa shape index (κ3) is 4.02. The first-order chi connectivity index (χ1) is 12.2. The van der Waals surface area contributed by atoms with E-state index in [2.05, 4.69) is 21.3 Å². The van der Waals surface area contributed by atoms with E-state index in [1.165, 1.54) is 0 Å². The van der Waals surface area contributed by atoms with Crippen LogP contribution in [0.3, 0.4) is 0 Å². The van der Waals surface area contributed by atoms with Crippen LogP contribution in [0.1, 0.15) is 31.2 Å². The van der Waals surface area contributed by atoms with Gasteiger partial charge in [0.25, 0.3) is 0 Å². The monoisotopic (exact) mass is 343 g/mol. The number of piperidine rings is 1. The number of rotatable bonds is 4. The maximum atomic E-state index is 12.5. The van der Waals surface area contributed by atoms with Gasteiger partial charge in [0.1, 0.15) is 11.9 Å². The number of aromatic nitrogens is 1. The van der Waals surface area contributed by atoms with E-state index in [0.717, 1.165) is 51.1 Å². The lowest BCUT2D eigenvalue weighted by Crippen LogP contribution is -2.51. The van der Waals surface area contributed by atoms with Gasteiger partial charge >= 0.3 is 6.03 Å². The average Bonchev–Trinajstić information content (AvgIpc) is 3.11. The molecule has 7 heteroatoms. The summed E-state index contributed by atoms with van der Waals surface area (Å²) in [6, 6.07) is 6.15. The summed E-state index contributed by atoms with van der Waals surface area (Å²) < 4.78 is 5.22. The molecule has 134 valence electrons. The van der Waals surface area contributed by atoms with Crippen molar-refractivity contribution >= 4 is 11.8 Å². The Morgan fingerprint density at radius 2 is 2.20 bits per heavy atom. The van der Waals surface area contributed by atoms with Crippen LogP contribution in [0.25, 0.3) is 0 Å². The van der Waals surface area contributed by atoms with Gasteiger partial charge in [-0.15, -0.1) is 0 Å². The van der Waals surface area contributed by atoms with Crippen molar-refractivity contribution in [1.82, 2.24) is 15.2 Å². The molecular formula is C18H25N5O2. The SMILES string of the molecule is COC[C@@H]1CCCN1C(=O)NC1CCN(c2ncccc2C#N)CC1. The predicted octanol–water partition coefficient (Wildman–Crippen LogP) is 1.74. The van der Waals surface area contributed by atoms with Gasteiger partial charge in [0.2, 0.25) is 0 Å². The van der Waals surface area contributed by atoms with E-state index in [-0.39, 0.29) is 18.1 Å². The van der Waals surface area contributed by atoms with Crippen LogP contribution in [0.15, 0.2) is 18.3 Å².